The largest absolute Gasteiger partial charge is 0.349 e. The Balaban J connectivity index is 0.00000130. The molecule has 10 nitrogen and oxygen atoms in total. The number of amides is 3. The quantitative estimate of drug-likeness (QED) is 0.185. The predicted molar refractivity (Wildman–Crippen MR) is 196 cm³/mol. The number of hydrogen-bond acceptors (Lipinski definition) is 8. The van der Waals surface area contributed by atoms with E-state index in [0.29, 0.717) is 50.2 Å². The first-order valence-corrected chi connectivity index (χ1v) is 18.6. The van der Waals surface area contributed by atoms with Gasteiger partial charge in [0.25, 0.3) is 5.91 Å². The molecule has 260 valence electrons. The second-order valence-corrected chi connectivity index (χ2v) is 16.3. The van der Waals surface area contributed by atoms with Crippen LogP contribution in [-0.2, 0) is 24.4 Å². The van der Waals surface area contributed by atoms with Crippen LogP contribution in [0.3, 0.4) is 0 Å². The first-order chi connectivity index (χ1) is 23.4. The number of benzene rings is 2. The third-order valence-corrected chi connectivity index (χ3v) is 11.5. The standard InChI is InChI=1S/C33H39N5O5S2.C2H4.C2H2/c1-32(2,3)27(35-31-34-25(21-11-6-4-7-12-21)26(44-31)22-13-8-5-9-14-22)29(40)38-20-10-15-24(38)28(39)36-33(18-19-33)30(41)37-45(42,43)23-16-17-23;2*1-2/h4-9,11-14,23-24,27H,10,15-20H2,1-3H3,(H,34,35)(H,36,39)(H,37,41);1-2H2;1-2H/t24-,27+;;/m0../s1. The third kappa shape index (κ3) is 8.58. The van der Waals surface area contributed by atoms with Crippen molar-refractivity contribution < 1.29 is 22.8 Å². The highest BCUT2D eigenvalue weighted by Crippen LogP contribution is 2.41. The van der Waals surface area contributed by atoms with E-state index in [9.17, 15) is 22.8 Å². The predicted octanol–water partition coefficient (Wildman–Crippen LogP) is 5.60. The molecule has 2 aliphatic carbocycles. The van der Waals surface area contributed by atoms with Gasteiger partial charge in [-0.05, 0) is 49.5 Å². The molecule has 3 aliphatic rings. The molecule has 6 rings (SSSR count). The molecule has 2 heterocycles. The molecule has 3 amide bonds. The minimum absolute atomic E-state index is 0.219. The molecule has 2 atom stereocenters. The number of rotatable bonds is 10. The van der Waals surface area contributed by atoms with Gasteiger partial charge in [-0.15, -0.1) is 26.0 Å². The maximum atomic E-state index is 14.2. The van der Waals surface area contributed by atoms with E-state index in [1.807, 2.05) is 81.4 Å². The summed E-state index contributed by atoms with van der Waals surface area (Å²) in [6.45, 7) is 12.3. The fraction of sp³-hybridized carbons (Fsp3) is 0.405. The zero-order valence-electron chi connectivity index (χ0n) is 28.3. The Morgan fingerprint density at radius 1 is 0.959 bits per heavy atom. The van der Waals surface area contributed by atoms with Crippen LogP contribution in [0.15, 0.2) is 73.8 Å². The number of hydrogen-bond donors (Lipinski definition) is 3. The zero-order chi connectivity index (χ0) is 36.0. The van der Waals surface area contributed by atoms with Gasteiger partial charge in [0.05, 0.1) is 15.8 Å². The number of terminal acetylenes is 1. The van der Waals surface area contributed by atoms with Gasteiger partial charge in [0.15, 0.2) is 5.13 Å². The van der Waals surface area contributed by atoms with Crippen molar-refractivity contribution >= 4 is 44.2 Å². The van der Waals surface area contributed by atoms with Crippen molar-refractivity contribution in [2.45, 2.75) is 82.2 Å². The fourth-order valence-corrected chi connectivity index (χ4v) is 8.14. The molecular formula is C37H45N5O5S2. The van der Waals surface area contributed by atoms with Crippen LogP contribution in [0.5, 0.6) is 0 Å². The van der Waals surface area contributed by atoms with E-state index in [2.05, 4.69) is 41.4 Å². The van der Waals surface area contributed by atoms with Crippen molar-refractivity contribution in [3.63, 3.8) is 0 Å². The van der Waals surface area contributed by atoms with E-state index in [1.165, 1.54) is 11.3 Å². The molecule has 0 bridgehead atoms. The van der Waals surface area contributed by atoms with Crippen molar-refractivity contribution in [2.75, 3.05) is 11.9 Å². The van der Waals surface area contributed by atoms with Gasteiger partial charge in [0, 0.05) is 12.1 Å². The molecule has 2 saturated carbocycles. The van der Waals surface area contributed by atoms with Crippen LogP contribution in [-0.4, -0.2) is 65.4 Å². The lowest BCUT2D eigenvalue weighted by Crippen LogP contribution is -2.58. The van der Waals surface area contributed by atoms with Crippen LogP contribution >= 0.6 is 11.3 Å². The average Bonchev–Trinajstić information content (AvgIpc) is 4.01. The number of likely N-dealkylation sites (tertiary alicyclic amines) is 1. The van der Waals surface area contributed by atoms with Gasteiger partial charge in [-0.1, -0.05) is 92.8 Å². The third-order valence-electron chi connectivity index (χ3n) is 8.67. The van der Waals surface area contributed by atoms with E-state index >= 15 is 0 Å². The number of sulfonamides is 1. The van der Waals surface area contributed by atoms with Crippen LogP contribution in [0.4, 0.5) is 5.13 Å². The summed E-state index contributed by atoms with van der Waals surface area (Å²) in [5.41, 5.74) is 1.05. The van der Waals surface area contributed by atoms with Crippen LogP contribution in [0.25, 0.3) is 21.7 Å². The summed E-state index contributed by atoms with van der Waals surface area (Å²) in [4.78, 5) is 48.2. The van der Waals surface area contributed by atoms with E-state index in [4.69, 9.17) is 4.98 Å². The van der Waals surface area contributed by atoms with Crippen LogP contribution in [0.1, 0.15) is 59.3 Å². The lowest BCUT2D eigenvalue weighted by molar-refractivity contribution is -0.141. The number of nitrogens with zero attached hydrogens (tertiary/aromatic N) is 2. The molecule has 3 N–H and O–H groups in total. The van der Waals surface area contributed by atoms with Crippen LogP contribution in [0, 0.1) is 18.3 Å². The smallest absolute Gasteiger partial charge is 0.259 e. The van der Waals surface area contributed by atoms with Crippen molar-refractivity contribution in [3.05, 3.63) is 73.8 Å². The normalized spacial score (nSPS) is 18.4. The Morgan fingerprint density at radius 3 is 2.06 bits per heavy atom. The van der Waals surface area contributed by atoms with E-state index < -0.39 is 50.1 Å². The Kier molecular flexibility index (Phi) is 11.7. The van der Waals surface area contributed by atoms with Crippen molar-refractivity contribution in [2.24, 2.45) is 5.41 Å². The summed E-state index contributed by atoms with van der Waals surface area (Å²) in [5, 5.41) is 6.31. The highest BCUT2D eigenvalue weighted by Gasteiger charge is 2.54. The Labute approximate surface area is 293 Å². The highest BCUT2D eigenvalue weighted by molar-refractivity contribution is 7.91. The fourth-order valence-electron chi connectivity index (χ4n) is 5.74. The maximum Gasteiger partial charge on any atom is 0.259 e. The second-order valence-electron chi connectivity index (χ2n) is 13.3. The second kappa shape index (κ2) is 15.4. The van der Waals surface area contributed by atoms with Crippen molar-refractivity contribution in [1.82, 2.24) is 19.9 Å². The van der Waals surface area contributed by atoms with Gasteiger partial charge in [-0.2, -0.15) is 0 Å². The first kappa shape index (κ1) is 37.4. The minimum Gasteiger partial charge on any atom is -0.349 e. The summed E-state index contributed by atoms with van der Waals surface area (Å²) in [7, 11) is -3.73. The Hall–Kier alpha value is -4.47. The van der Waals surface area contributed by atoms with Crippen molar-refractivity contribution in [3.8, 4) is 34.5 Å². The SMILES string of the molecule is C#C.C=C.CC(C)(C)[C@H](Nc1nc(-c2ccccc2)c(-c2ccccc2)s1)C(=O)N1CCC[C@H]1C(=O)NC1(C(=O)NS(=O)(=O)C2CC2)CC1. The monoisotopic (exact) mass is 703 g/mol. The minimum atomic E-state index is -3.73. The van der Waals surface area contributed by atoms with Gasteiger partial charge in [0.2, 0.25) is 21.8 Å². The first-order valence-electron chi connectivity index (χ1n) is 16.3. The molecule has 3 fully saturated rings. The molecule has 3 aromatic rings. The molecular weight excluding hydrogens is 659 g/mol. The summed E-state index contributed by atoms with van der Waals surface area (Å²) >= 11 is 1.48. The summed E-state index contributed by atoms with van der Waals surface area (Å²) in [5.74, 6) is -1.35. The number of thiazole rings is 1. The van der Waals surface area contributed by atoms with Gasteiger partial charge in [-0.3, -0.25) is 19.1 Å². The van der Waals surface area contributed by atoms with Gasteiger partial charge in [-0.25, -0.2) is 13.4 Å². The summed E-state index contributed by atoms with van der Waals surface area (Å²) < 4.78 is 26.9. The van der Waals surface area contributed by atoms with E-state index in [-0.39, 0.29) is 5.91 Å². The number of carbonyl (C=O) groups excluding carboxylic acids is 3. The summed E-state index contributed by atoms with van der Waals surface area (Å²) in [6.07, 6.45) is 10.9. The molecule has 49 heavy (non-hydrogen) atoms. The highest BCUT2D eigenvalue weighted by atomic mass is 32.2. The van der Waals surface area contributed by atoms with Gasteiger partial charge >= 0.3 is 0 Å². The summed E-state index contributed by atoms with van der Waals surface area (Å²) in [6, 6.07) is 18.5. The lowest BCUT2D eigenvalue weighted by atomic mass is 9.85. The molecule has 0 unspecified atom stereocenters. The molecule has 12 heteroatoms. The Bertz CT molecular complexity index is 1700. The van der Waals surface area contributed by atoms with Crippen LogP contribution < -0.4 is 15.4 Å². The number of carbonyl (C=O) groups is 3. The number of anilines is 1. The van der Waals surface area contributed by atoms with Gasteiger partial charge < -0.3 is 15.5 Å². The van der Waals surface area contributed by atoms with E-state index in [1.54, 1.807) is 4.90 Å². The lowest BCUT2D eigenvalue weighted by Gasteiger charge is -2.35. The molecule has 2 aromatic carbocycles. The average molecular weight is 704 g/mol. The number of aromatic nitrogens is 1. The van der Waals surface area contributed by atoms with Crippen LogP contribution in [0.2, 0.25) is 0 Å². The Morgan fingerprint density at radius 2 is 1.53 bits per heavy atom. The molecule has 0 spiro atoms. The zero-order valence-corrected chi connectivity index (χ0v) is 29.9. The molecule has 1 aliphatic heterocycles. The van der Waals surface area contributed by atoms with E-state index in [0.717, 1.165) is 21.7 Å². The maximum absolute atomic E-state index is 14.2. The topological polar surface area (TPSA) is 138 Å². The van der Waals surface area contributed by atoms with Gasteiger partial charge in [0.1, 0.15) is 17.6 Å². The molecule has 1 saturated heterocycles. The molecule has 0 radical (unpaired) electrons. The number of nitrogens with one attached hydrogen (secondary N) is 3. The molecule has 1 aromatic heterocycles. The van der Waals surface area contributed by atoms with Crippen molar-refractivity contribution in [1.29, 1.82) is 0 Å².